The van der Waals surface area contributed by atoms with Crippen molar-refractivity contribution in [2.75, 3.05) is 39.3 Å². The monoisotopic (exact) mass is 317 g/mol. The van der Waals surface area contributed by atoms with Gasteiger partial charge in [0.05, 0.1) is 6.61 Å². The van der Waals surface area contributed by atoms with Crippen molar-refractivity contribution in [2.45, 2.75) is 6.42 Å². The summed E-state index contributed by atoms with van der Waals surface area (Å²) >= 11 is 0. The number of hydrogen-bond acceptors (Lipinski definition) is 4. The molecule has 0 atom stereocenters. The Morgan fingerprint density at radius 3 is 2.33 bits per heavy atom. The Balaban J connectivity index is 1.63. The van der Waals surface area contributed by atoms with Crippen molar-refractivity contribution in [1.29, 1.82) is 0 Å². The van der Waals surface area contributed by atoms with Crippen molar-refractivity contribution in [3.05, 3.63) is 30.1 Å². The maximum atomic E-state index is 12.7. The number of nitrogens with two attached hydrogens (primary N) is 1. The van der Waals surface area contributed by atoms with E-state index in [0.29, 0.717) is 38.5 Å². The summed E-state index contributed by atoms with van der Waals surface area (Å²) in [6, 6.07) is 5.92. The van der Waals surface area contributed by atoms with Crippen LogP contribution in [0.3, 0.4) is 0 Å². The van der Waals surface area contributed by atoms with Crippen molar-refractivity contribution in [3.63, 3.8) is 0 Å². The van der Waals surface area contributed by atoms with Gasteiger partial charge < -0.3 is 9.64 Å². The lowest BCUT2D eigenvalue weighted by atomic mass is 10.3. The van der Waals surface area contributed by atoms with Gasteiger partial charge in [0, 0.05) is 32.7 Å². The van der Waals surface area contributed by atoms with Crippen molar-refractivity contribution in [3.8, 4) is 5.75 Å². The number of halogens is 1. The normalized spacial score (nSPS) is 17.8. The van der Waals surface area contributed by atoms with E-state index in [2.05, 4.69) is 4.90 Å². The molecule has 1 aromatic rings. The van der Waals surface area contributed by atoms with Gasteiger partial charge >= 0.3 is 0 Å². The Labute approximate surface area is 124 Å². The van der Waals surface area contributed by atoms with Crippen molar-refractivity contribution >= 4 is 10.2 Å². The Morgan fingerprint density at radius 2 is 1.76 bits per heavy atom. The molecule has 1 aliphatic rings. The van der Waals surface area contributed by atoms with Crippen LogP contribution in [0.4, 0.5) is 4.39 Å². The zero-order valence-corrected chi connectivity index (χ0v) is 12.6. The molecule has 2 N–H and O–H groups in total. The standard InChI is InChI=1S/C13H20FN3O3S/c14-12-2-4-13(5-3-12)20-11-1-6-16-7-9-17(10-8-16)21(15,18)19/h2-5H,1,6-11H2,(H2,15,18,19). The zero-order chi connectivity index (χ0) is 15.3. The minimum absolute atomic E-state index is 0.282. The van der Waals surface area contributed by atoms with E-state index in [1.54, 1.807) is 12.1 Å². The van der Waals surface area contributed by atoms with Crippen LogP contribution in [0.5, 0.6) is 5.75 Å². The van der Waals surface area contributed by atoms with Gasteiger partial charge in [-0.1, -0.05) is 0 Å². The number of hydrogen-bond donors (Lipinski definition) is 1. The van der Waals surface area contributed by atoms with Gasteiger partial charge in [0.1, 0.15) is 11.6 Å². The van der Waals surface area contributed by atoms with Crippen molar-refractivity contribution < 1.29 is 17.5 Å². The summed E-state index contributed by atoms with van der Waals surface area (Å²) in [5.41, 5.74) is 0. The Hall–Kier alpha value is -1.22. The quantitative estimate of drug-likeness (QED) is 0.771. The summed E-state index contributed by atoms with van der Waals surface area (Å²) in [5.74, 6) is 0.366. The highest BCUT2D eigenvalue weighted by molar-refractivity contribution is 7.86. The molecule has 1 fully saturated rings. The molecule has 2 rings (SSSR count). The lowest BCUT2D eigenvalue weighted by Crippen LogP contribution is -2.50. The SMILES string of the molecule is NS(=O)(=O)N1CCN(CCCOc2ccc(F)cc2)CC1. The molecule has 118 valence electrons. The Morgan fingerprint density at radius 1 is 1.14 bits per heavy atom. The van der Waals surface area contributed by atoms with Gasteiger partial charge in [-0.3, -0.25) is 0 Å². The first-order chi connectivity index (χ1) is 9.95. The first-order valence-electron chi connectivity index (χ1n) is 6.84. The van der Waals surface area contributed by atoms with E-state index >= 15 is 0 Å². The molecule has 1 aromatic carbocycles. The average molecular weight is 317 g/mol. The van der Waals surface area contributed by atoms with Crippen LogP contribution in [-0.4, -0.2) is 57.0 Å². The molecule has 0 bridgehead atoms. The summed E-state index contributed by atoms with van der Waals surface area (Å²) in [5, 5.41) is 5.09. The highest BCUT2D eigenvalue weighted by Crippen LogP contribution is 2.11. The summed E-state index contributed by atoms with van der Waals surface area (Å²) in [6.07, 6.45) is 0.826. The molecule has 1 saturated heterocycles. The molecular formula is C13H20FN3O3S. The molecule has 21 heavy (non-hydrogen) atoms. The second kappa shape index (κ2) is 7.17. The maximum Gasteiger partial charge on any atom is 0.276 e. The summed E-state index contributed by atoms with van der Waals surface area (Å²) in [6.45, 7) is 3.58. The largest absolute Gasteiger partial charge is 0.494 e. The molecule has 8 heteroatoms. The maximum absolute atomic E-state index is 12.7. The van der Waals surface area contributed by atoms with Crippen molar-refractivity contribution in [2.24, 2.45) is 5.14 Å². The lowest BCUT2D eigenvalue weighted by molar-refractivity contribution is 0.174. The Kier molecular flexibility index (Phi) is 5.51. The number of ether oxygens (including phenoxy) is 1. The predicted molar refractivity (Wildman–Crippen MR) is 77.6 cm³/mol. The van der Waals surface area contributed by atoms with Crippen LogP contribution in [0.15, 0.2) is 24.3 Å². The van der Waals surface area contributed by atoms with Crippen molar-refractivity contribution in [1.82, 2.24) is 9.21 Å². The molecule has 0 spiro atoms. The number of nitrogens with zero attached hydrogens (tertiary/aromatic N) is 2. The second-order valence-electron chi connectivity index (χ2n) is 4.94. The van der Waals surface area contributed by atoms with Crippen LogP contribution in [0.25, 0.3) is 0 Å². The van der Waals surface area contributed by atoms with E-state index in [0.717, 1.165) is 13.0 Å². The van der Waals surface area contributed by atoms with E-state index in [9.17, 15) is 12.8 Å². The molecule has 6 nitrogen and oxygen atoms in total. The Bertz CT molecular complexity index is 542. The molecule has 1 heterocycles. The minimum atomic E-state index is -3.56. The van der Waals surface area contributed by atoms with Crippen LogP contribution >= 0.6 is 0 Å². The molecule has 1 aliphatic heterocycles. The van der Waals surface area contributed by atoms with Gasteiger partial charge in [0.25, 0.3) is 10.2 Å². The van der Waals surface area contributed by atoms with Crippen LogP contribution in [0.2, 0.25) is 0 Å². The third-order valence-electron chi connectivity index (χ3n) is 3.39. The molecular weight excluding hydrogens is 297 g/mol. The number of piperazine rings is 1. The van der Waals surface area contributed by atoms with Crippen LogP contribution in [-0.2, 0) is 10.2 Å². The fraction of sp³-hybridized carbons (Fsp3) is 0.538. The third kappa shape index (κ3) is 5.24. The highest BCUT2D eigenvalue weighted by atomic mass is 32.2. The lowest BCUT2D eigenvalue weighted by Gasteiger charge is -2.32. The average Bonchev–Trinajstić information content (AvgIpc) is 2.45. The molecule has 0 saturated carbocycles. The van der Waals surface area contributed by atoms with E-state index in [-0.39, 0.29) is 5.82 Å². The van der Waals surface area contributed by atoms with Gasteiger partial charge in [-0.15, -0.1) is 0 Å². The van der Waals surface area contributed by atoms with Gasteiger partial charge in [-0.2, -0.15) is 12.7 Å². The van der Waals surface area contributed by atoms with Gasteiger partial charge in [0.15, 0.2) is 0 Å². The third-order valence-corrected chi connectivity index (χ3v) is 4.48. The van der Waals surface area contributed by atoms with Crippen LogP contribution in [0, 0.1) is 5.82 Å². The van der Waals surface area contributed by atoms with Gasteiger partial charge in [-0.25, -0.2) is 9.53 Å². The summed E-state index contributed by atoms with van der Waals surface area (Å²) in [7, 11) is -3.56. The molecule has 0 radical (unpaired) electrons. The van der Waals surface area contributed by atoms with Crippen LogP contribution < -0.4 is 9.88 Å². The van der Waals surface area contributed by atoms with E-state index in [1.807, 2.05) is 0 Å². The summed E-state index contributed by atoms with van der Waals surface area (Å²) in [4.78, 5) is 2.18. The van der Waals surface area contributed by atoms with Gasteiger partial charge in [0.2, 0.25) is 0 Å². The smallest absolute Gasteiger partial charge is 0.276 e. The zero-order valence-electron chi connectivity index (χ0n) is 11.7. The molecule has 0 aromatic heterocycles. The topological polar surface area (TPSA) is 75.9 Å². The first kappa shape index (κ1) is 16.2. The fourth-order valence-corrected chi connectivity index (χ4v) is 2.89. The minimum Gasteiger partial charge on any atom is -0.494 e. The number of benzene rings is 1. The van der Waals surface area contributed by atoms with Gasteiger partial charge in [-0.05, 0) is 30.7 Å². The first-order valence-corrected chi connectivity index (χ1v) is 8.34. The van der Waals surface area contributed by atoms with E-state index in [4.69, 9.17) is 9.88 Å². The molecule has 0 unspecified atom stereocenters. The predicted octanol–water partition coefficient (Wildman–Crippen LogP) is 0.416. The van der Waals surface area contributed by atoms with E-state index in [1.165, 1.54) is 16.4 Å². The fourth-order valence-electron chi connectivity index (χ4n) is 2.22. The summed E-state index contributed by atoms with van der Waals surface area (Å²) < 4.78 is 41.9. The molecule has 0 aliphatic carbocycles. The highest BCUT2D eigenvalue weighted by Gasteiger charge is 2.23. The number of rotatable bonds is 6. The molecule has 0 amide bonds. The van der Waals surface area contributed by atoms with Crippen LogP contribution in [0.1, 0.15) is 6.42 Å². The van der Waals surface area contributed by atoms with E-state index < -0.39 is 10.2 Å². The second-order valence-corrected chi connectivity index (χ2v) is 6.49.